The topological polar surface area (TPSA) is 9.23 Å². The van der Waals surface area contributed by atoms with Crippen LogP contribution in [0, 0.1) is 0 Å². The monoisotopic (exact) mass is 274 g/mol. The first kappa shape index (κ1) is 14.5. The molecule has 2 heteroatoms. The number of rotatable bonds is 4. The molecule has 0 amide bonds. The lowest BCUT2D eigenvalue weighted by atomic mass is 10.0. The summed E-state index contributed by atoms with van der Waals surface area (Å²) in [4.78, 5) is 0. The van der Waals surface area contributed by atoms with E-state index in [4.69, 9.17) is 4.74 Å². The largest absolute Gasteiger partial charge is 0.371 e. The van der Waals surface area contributed by atoms with Gasteiger partial charge in [0, 0.05) is 0 Å². The molecule has 0 spiro atoms. The van der Waals surface area contributed by atoms with Gasteiger partial charge in [-0.2, -0.15) is 0 Å². The molecule has 0 radical (unpaired) electrons. The van der Waals surface area contributed by atoms with Crippen molar-refractivity contribution in [2.45, 2.75) is 58.0 Å². The third-order valence-corrected chi connectivity index (χ3v) is 9.01. The van der Waals surface area contributed by atoms with Gasteiger partial charge in [-0.25, -0.2) is 0 Å². The van der Waals surface area contributed by atoms with E-state index in [0.29, 0.717) is 0 Å². The molecule has 104 valence electrons. The van der Waals surface area contributed by atoms with E-state index in [1.807, 2.05) is 0 Å². The molecule has 0 aromatic rings. The van der Waals surface area contributed by atoms with Crippen LogP contribution >= 0.6 is 0 Å². The Morgan fingerprint density at radius 1 is 1.26 bits per heavy atom. The summed E-state index contributed by atoms with van der Waals surface area (Å²) in [5.41, 5.74) is 1.39. The van der Waals surface area contributed by atoms with Crippen LogP contribution in [0.1, 0.15) is 33.6 Å². The lowest BCUT2D eigenvalue weighted by Gasteiger charge is -2.48. The van der Waals surface area contributed by atoms with Crippen LogP contribution in [0.15, 0.2) is 47.2 Å². The van der Waals surface area contributed by atoms with Gasteiger partial charge in [0.25, 0.3) is 0 Å². The predicted octanol–water partition coefficient (Wildman–Crippen LogP) is 4.73. The highest BCUT2D eigenvalue weighted by Crippen LogP contribution is 2.43. The fraction of sp³-hybridized carbons (Fsp3) is 0.529. The Morgan fingerprint density at radius 3 is 2.53 bits per heavy atom. The molecule has 2 aliphatic rings. The Kier molecular flexibility index (Phi) is 4.02. The zero-order chi connectivity index (χ0) is 14.1. The average Bonchev–Trinajstić information content (AvgIpc) is 2.85. The molecule has 0 aromatic carbocycles. The number of ether oxygens (including phenoxy) is 1. The molecule has 0 saturated carbocycles. The second-order valence-electron chi connectivity index (χ2n) is 6.40. The zero-order valence-electron chi connectivity index (χ0n) is 12.9. The molecule has 2 rings (SSSR count). The van der Waals surface area contributed by atoms with Crippen molar-refractivity contribution in [3.63, 3.8) is 0 Å². The SMILES string of the molecule is CC1=CC=CCC1(OC(C)C)[Si](C)(C)C1=CCC=C1. The summed E-state index contributed by atoms with van der Waals surface area (Å²) in [6.07, 6.45) is 16.0. The van der Waals surface area contributed by atoms with Crippen LogP contribution in [0.4, 0.5) is 0 Å². The first-order valence-electron chi connectivity index (χ1n) is 7.29. The molecule has 19 heavy (non-hydrogen) atoms. The maximum atomic E-state index is 6.54. The smallest absolute Gasteiger partial charge is 0.122 e. The zero-order valence-corrected chi connectivity index (χ0v) is 13.9. The normalized spacial score (nSPS) is 26.8. The molecular weight excluding hydrogens is 248 g/mol. The third-order valence-electron chi connectivity index (χ3n) is 4.46. The van der Waals surface area contributed by atoms with Crippen molar-refractivity contribution in [2.75, 3.05) is 0 Å². The van der Waals surface area contributed by atoms with Gasteiger partial charge < -0.3 is 4.74 Å². The quantitative estimate of drug-likeness (QED) is 0.673. The first-order valence-corrected chi connectivity index (χ1v) is 10.3. The van der Waals surface area contributed by atoms with Crippen molar-refractivity contribution in [1.29, 1.82) is 0 Å². The molecule has 0 saturated heterocycles. The minimum Gasteiger partial charge on any atom is -0.371 e. The maximum absolute atomic E-state index is 6.54. The Bertz CT molecular complexity index is 466. The Labute approximate surface area is 118 Å². The fourth-order valence-electron chi connectivity index (χ4n) is 3.34. The van der Waals surface area contributed by atoms with E-state index in [-0.39, 0.29) is 11.3 Å². The Hall–Kier alpha value is -0.863. The van der Waals surface area contributed by atoms with E-state index in [2.05, 4.69) is 70.3 Å². The van der Waals surface area contributed by atoms with Gasteiger partial charge in [0.15, 0.2) is 0 Å². The van der Waals surface area contributed by atoms with Crippen LogP contribution in [-0.2, 0) is 4.74 Å². The highest BCUT2D eigenvalue weighted by molar-refractivity contribution is 6.88. The Balaban J connectivity index is 2.46. The predicted molar refractivity (Wildman–Crippen MR) is 85.8 cm³/mol. The minimum absolute atomic E-state index is 0.0869. The fourth-order valence-corrected chi connectivity index (χ4v) is 7.19. The summed E-state index contributed by atoms with van der Waals surface area (Å²) in [7, 11) is -1.71. The van der Waals surface area contributed by atoms with Crippen molar-refractivity contribution >= 4 is 8.07 Å². The van der Waals surface area contributed by atoms with Gasteiger partial charge in [-0.1, -0.05) is 54.7 Å². The van der Waals surface area contributed by atoms with E-state index < -0.39 is 8.07 Å². The van der Waals surface area contributed by atoms with E-state index in [0.717, 1.165) is 12.8 Å². The standard InChI is InChI=1S/C17H26OSi/c1-14(2)18-17(13-9-8-10-15(17)3)19(4,5)16-11-6-7-12-16/h6,8-12,14H,7,13H2,1-5H3. The molecule has 0 heterocycles. The molecule has 1 nitrogen and oxygen atoms in total. The van der Waals surface area contributed by atoms with Crippen molar-refractivity contribution in [3.8, 4) is 0 Å². The van der Waals surface area contributed by atoms with E-state index in [9.17, 15) is 0 Å². The molecule has 0 aliphatic heterocycles. The Morgan fingerprint density at radius 2 is 2.00 bits per heavy atom. The van der Waals surface area contributed by atoms with Crippen LogP contribution in [0.25, 0.3) is 0 Å². The van der Waals surface area contributed by atoms with Gasteiger partial charge in [-0.3, -0.25) is 0 Å². The molecular formula is C17H26OSi. The van der Waals surface area contributed by atoms with Crippen LogP contribution in [0.3, 0.4) is 0 Å². The number of allylic oxidation sites excluding steroid dienone is 6. The molecule has 2 aliphatic carbocycles. The van der Waals surface area contributed by atoms with Crippen LogP contribution in [0.2, 0.25) is 13.1 Å². The molecule has 1 unspecified atom stereocenters. The lowest BCUT2D eigenvalue weighted by molar-refractivity contribution is -0.00621. The van der Waals surface area contributed by atoms with Gasteiger partial charge in [0.2, 0.25) is 0 Å². The number of hydrogen-bond acceptors (Lipinski definition) is 1. The van der Waals surface area contributed by atoms with Gasteiger partial charge in [-0.15, -0.1) is 0 Å². The van der Waals surface area contributed by atoms with Crippen molar-refractivity contribution in [1.82, 2.24) is 0 Å². The molecule has 0 fully saturated rings. The van der Waals surface area contributed by atoms with E-state index in [1.54, 1.807) is 0 Å². The summed E-state index contributed by atoms with van der Waals surface area (Å²) in [5, 5.41) is 1.45. The summed E-state index contributed by atoms with van der Waals surface area (Å²) < 4.78 is 6.54. The molecule has 0 N–H and O–H groups in total. The highest BCUT2D eigenvalue weighted by atomic mass is 28.3. The van der Waals surface area contributed by atoms with Crippen molar-refractivity contribution < 1.29 is 4.74 Å². The third kappa shape index (κ3) is 2.44. The highest BCUT2D eigenvalue weighted by Gasteiger charge is 2.51. The van der Waals surface area contributed by atoms with Crippen LogP contribution in [0.5, 0.6) is 0 Å². The molecule has 0 bridgehead atoms. The van der Waals surface area contributed by atoms with Gasteiger partial charge in [-0.05, 0) is 39.2 Å². The van der Waals surface area contributed by atoms with Gasteiger partial charge in [0.05, 0.1) is 11.3 Å². The van der Waals surface area contributed by atoms with Gasteiger partial charge >= 0.3 is 0 Å². The summed E-state index contributed by atoms with van der Waals surface area (Å²) in [6, 6.07) is 0. The molecule has 0 aromatic heterocycles. The van der Waals surface area contributed by atoms with E-state index in [1.165, 1.54) is 10.8 Å². The second kappa shape index (κ2) is 5.26. The summed E-state index contributed by atoms with van der Waals surface area (Å²) in [6.45, 7) is 11.4. The maximum Gasteiger partial charge on any atom is 0.122 e. The van der Waals surface area contributed by atoms with Crippen molar-refractivity contribution in [3.05, 3.63) is 47.2 Å². The summed E-state index contributed by atoms with van der Waals surface area (Å²) in [5.74, 6) is 0. The van der Waals surface area contributed by atoms with E-state index >= 15 is 0 Å². The van der Waals surface area contributed by atoms with Crippen LogP contribution < -0.4 is 0 Å². The van der Waals surface area contributed by atoms with Crippen LogP contribution in [-0.4, -0.2) is 19.4 Å². The first-order chi connectivity index (χ1) is 8.90. The average molecular weight is 274 g/mol. The summed E-state index contributed by atoms with van der Waals surface area (Å²) >= 11 is 0. The lowest BCUT2D eigenvalue weighted by Crippen LogP contribution is -2.59. The number of hydrogen-bond donors (Lipinski definition) is 0. The minimum atomic E-state index is -1.71. The van der Waals surface area contributed by atoms with Gasteiger partial charge in [0.1, 0.15) is 8.07 Å². The van der Waals surface area contributed by atoms with Crippen molar-refractivity contribution in [2.24, 2.45) is 0 Å². The molecule has 1 atom stereocenters. The second-order valence-corrected chi connectivity index (χ2v) is 11.0.